The summed E-state index contributed by atoms with van der Waals surface area (Å²) in [4.78, 5) is 16.3. The quantitative estimate of drug-likeness (QED) is 0.657. The van der Waals surface area contributed by atoms with Gasteiger partial charge < -0.3 is 14.7 Å². The largest absolute Gasteiger partial charge is 0.478 e. The zero-order chi connectivity index (χ0) is 15.9. The number of rotatable bonds is 6. The molecule has 5 nitrogen and oxygen atoms in total. The number of aryl methyl sites for hydroxylation is 1. The third-order valence-corrected chi connectivity index (χ3v) is 3.14. The van der Waals surface area contributed by atoms with Gasteiger partial charge in [0.1, 0.15) is 12.9 Å². The summed E-state index contributed by atoms with van der Waals surface area (Å²) in [5.74, 6) is -0.532. The molecule has 0 saturated carbocycles. The first-order chi connectivity index (χ1) is 10.6. The number of hydrogen-bond donors (Lipinski definition) is 1. The van der Waals surface area contributed by atoms with Crippen LogP contribution in [0.3, 0.4) is 0 Å². The van der Waals surface area contributed by atoms with Crippen LogP contribution in [0.2, 0.25) is 0 Å². The van der Waals surface area contributed by atoms with E-state index >= 15 is 0 Å². The predicted octanol–water partition coefficient (Wildman–Crippen LogP) is 3.18. The topological polar surface area (TPSA) is 68.1 Å². The molecule has 2 aromatic rings. The van der Waals surface area contributed by atoms with Crippen LogP contribution < -0.4 is 4.74 Å². The number of nitrogens with zero attached hydrogens (tertiary/aromatic N) is 1. The van der Waals surface area contributed by atoms with Crippen LogP contribution in [0.15, 0.2) is 53.7 Å². The van der Waals surface area contributed by atoms with Crippen LogP contribution in [-0.2, 0) is 9.63 Å². The van der Waals surface area contributed by atoms with Gasteiger partial charge in [-0.15, -0.1) is 0 Å². The van der Waals surface area contributed by atoms with E-state index in [1.54, 1.807) is 36.4 Å². The van der Waals surface area contributed by atoms with Crippen LogP contribution in [-0.4, -0.2) is 24.4 Å². The van der Waals surface area contributed by atoms with Crippen molar-refractivity contribution < 1.29 is 19.5 Å². The van der Waals surface area contributed by atoms with Crippen LogP contribution >= 0.6 is 0 Å². The molecule has 2 rings (SSSR count). The Morgan fingerprint density at radius 3 is 2.55 bits per heavy atom. The lowest BCUT2D eigenvalue weighted by Gasteiger charge is -2.18. The number of oxime groups is 1. The zero-order valence-corrected chi connectivity index (χ0v) is 12.4. The fraction of sp³-hybridized carbons (Fsp3) is 0.176. The van der Waals surface area contributed by atoms with Crippen LogP contribution in [0, 0.1) is 6.92 Å². The number of benzene rings is 2. The highest BCUT2D eigenvalue weighted by Crippen LogP contribution is 2.26. The Balaban J connectivity index is 2.39. The Hall–Kier alpha value is -2.82. The minimum absolute atomic E-state index is 0.513. The maximum absolute atomic E-state index is 11.6. The van der Waals surface area contributed by atoms with E-state index in [1.165, 1.54) is 13.3 Å². The van der Waals surface area contributed by atoms with E-state index in [0.29, 0.717) is 16.9 Å². The van der Waals surface area contributed by atoms with Crippen LogP contribution in [0.25, 0.3) is 0 Å². The van der Waals surface area contributed by atoms with Gasteiger partial charge in [-0.25, -0.2) is 4.79 Å². The van der Waals surface area contributed by atoms with Gasteiger partial charge in [-0.1, -0.05) is 47.6 Å². The number of ether oxygens (including phenoxy) is 1. The van der Waals surface area contributed by atoms with Crippen molar-refractivity contribution in [3.63, 3.8) is 0 Å². The average molecular weight is 299 g/mol. The number of aliphatic carboxylic acids is 1. The van der Waals surface area contributed by atoms with Crippen molar-refractivity contribution >= 4 is 12.2 Å². The third-order valence-electron chi connectivity index (χ3n) is 3.14. The molecule has 0 aliphatic heterocycles. The van der Waals surface area contributed by atoms with Crippen molar-refractivity contribution in [2.45, 2.75) is 13.0 Å². The molecule has 0 spiro atoms. The van der Waals surface area contributed by atoms with Crippen molar-refractivity contribution in [1.82, 2.24) is 0 Å². The lowest BCUT2D eigenvalue weighted by atomic mass is 10.0. The smallest absolute Gasteiger partial charge is 0.349 e. The molecule has 1 atom stereocenters. The summed E-state index contributed by atoms with van der Waals surface area (Å²) in [6, 6.07) is 14.3. The fourth-order valence-corrected chi connectivity index (χ4v) is 2.04. The molecule has 5 heteroatoms. The molecule has 0 aliphatic rings. The normalized spacial score (nSPS) is 12.1. The van der Waals surface area contributed by atoms with Crippen LogP contribution in [0.4, 0.5) is 0 Å². The first-order valence-electron chi connectivity index (χ1n) is 6.74. The number of carbonyl (C=O) groups is 1. The monoisotopic (exact) mass is 299 g/mol. The highest BCUT2D eigenvalue weighted by atomic mass is 16.6. The van der Waals surface area contributed by atoms with Crippen LogP contribution in [0.1, 0.15) is 22.8 Å². The zero-order valence-electron chi connectivity index (χ0n) is 12.4. The number of para-hydroxylation sites is 1. The van der Waals surface area contributed by atoms with Gasteiger partial charge in [0.15, 0.2) is 0 Å². The van der Waals surface area contributed by atoms with E-state index in [0.717, 1.165) is 5.56 Å². The van der Waals surface area contributed by atoms with Gasteiger partial charge in [-0.05, 0) is 18.6 Å². The summed E-state index contributed by atoms with van der Waals surface area (Å²) in [5, 5.41) is 13.2. The molecule has 0 aliphatic carbocycles. The van der Waals surface area contributed by atoms with Crippen molar-refractivity contribution in [2.75, 3.05) is 7.11 Å². The summed E-state index contributed by atoms with van der Waals surface area (Å²) in [5.41, 5.74) is 2.01. The second-order valence-corrected chi connectivity index (χ2v) is 4.65. The van der Waals surface area contributed by atoms with Crippen molar-refractivity contribution in [3.8, 4) is 5.75 Å². The molecule has 0 heterocycles. The second kappa shape index (κ2) is 7.26. The van der Waals surface area contributed by atoms with E-state index < -0.39 is 12.1 Å². The molecule has 114 valence electrons. The van der Waals surface area contributed by atoms with Crippen molar-refractivity contribution in [2.24, 2.45) is 5.16 Å². The van der Waals surface area contributed by atoms with E-state index in [2.05, 4.69) is 9.99 Å². The Morgan fingerprint density at radius 1 is 1.18 bits per heavy atom. The maximum atomic E-state index is 11.6. The Morgan fingerprint density at radius 2 is 1.86 bits per heavy atom. The summed E-state index contributed by atoms with van der Waals surface area (Å²) < 4.78 is 5.71. The number of hydrogen-bond acceptors (Lipinski definition) is 4. The molecule has 0 aromatic heterocycles. The molecule has 2 aromatic carbocycles. The SMILES string of the molecule is CON=Cc1ccccc1C(Oc1ccccc1C)C(=O)O. The third kappa shape index (κ3) is 3.63. The van der Waals surface area contributed by atoms with Gasteiger partial charge in [0, 0.05) is 11.1 Å². The molecule has 0 saturated heterocycles. The summed E-state index contributed by atoms with van der Waals surface area (Å²) in [6.45, 7) is 1.87. The highest BCUT2D eigenvalue weighted by Gasteiger charge is 2.24. The number of carboxylic acids is 1. The predicted molar refractivity (Wildman–Crippen MR) is 83.2 cm³/mol. The molecule has 1 N–H and O–H groups in total. The van der Waals surface area contributed by atoms with E-state index in [-0.39, 0.29) is 0 Å². The fourth-order valence-electron chi connectivity index (χ4n) is 2.04. The summed E-state index contributed by atoms with van der Waals surface area (Å²) >= 11 is 0. The lowest BCUT2D eigenvalue weighted by molar-refractivity contribution is -0.145. The Bertz CT molecular complexity index is 682. The van der Waals surface area contributed by atoms with Gasteiger partial charge in [0.05, 0.1) is 6.21 Å². The molecule has 0 bridgehead atoms. The van der Waals surface area contributed by atoms with E-state index in [4.69, 9.17) is 4.74 Å². The van der Waals surface area contributed by atoms with Gasteiger partial charge in [-0.2, -0.15) is 0 Å². The second-order valence-electron chi connectivity index (χ2n) is 4.65. The Kier molecular flexibility index (Phi) is 5.14. The lowest BCUT2D eigenvalue weighted by Crippen LogP contribution is -2.20. The molecule has 22 heavy (non-hydrogen) atoms. The summed E-state index contributed by atoms with van der Waals surface area (Å²) in [6.07, 6.45) is 0.340. The molecular weight excluding hydrogens is 282 g/mol. The van der Waals surface area contributed by atoms with E-state index in [1.807, 2.05) is 19.1 Å². The molecule has 0 fully saturated rings. The molecular formula is C17H17NO4. The van der Waals surface area contributed by atoms with Gasteiger partial charge in [0.25, 0.3) is 0 Å². The molecule has 0 radical (unpaired) electrons. The Labute approximate surface area is 128 Å². The van der Waals surface area contributed by atoms with Crippen molar-refractivity contribution in [3.05, 3.63) is 65.2 Å². The average Bonchev–Trinajstić information content (AvgIpc) is 2.52. The maximum Gasteiger partial charge on any atom is 0.349 e. The number of carboxylic acid groups (broad SMARTS) is 1. The van der Waals surface area contributed by atoms with Crippen molar-refractivity contribution in [1.29, 1.82) is 0 Å². The minimum atomic E-state index is -1.12. The van der Waals surface area contributed by atoms with E-state index in [9.17, 15) is 9.90 Å². The van der Waals surface area contributed by atoms with Gasteiger partial charge in [0.2, 0.25) is 6.10 Å². The first-order valence-corrected chi connectivity index (χ1v) is 6.74. The van der Waals surface area contributed by atoms with Crippen LogP contribution in [0.5, 0.6) is 5.75 Å². The first kappa shape index (κ1) is 15.6. The molecule has 1 unspecified atom stereocenters. The van der Waals surface area contributed by atoms with Gasteiger partial charge >= 0.3 is 5.97 Å². The summed E-state index contributed by atoms with van der Waals surface area (Å²) in [7, 11) is 1.43. The minimum Gasteiger partial charge on any atom is -0.478 e. The highest BCUT2D eigenvalue weighted by molar-refractivity contribution is 5.85. The van der Waals surface area contributed by atoms with Gasteiger partial charge in [-0.3, -0.25) is 0 Å². The molecule has 0 amide bonds. The standard InChI is InChI=1S/C17H17NO4/c1-12-7-3-6-10-15(12)22-16(17(19)20)14-9-5-4-8-13(14)11-18-21-2/h3-11,16H,1-2H3,(H,19,20).